The van der Waals surface area contributed by atoms with Crippen LogP contribution in [0.5, 0.6) is 5.75 Å². The van der Waals surface area contributed by atoms with Crippen LogP contribution in [0.25, 0.3) is 0 Å². The van der Waals surface area contributed by atoms with Crippen LogP contribution in [-0.4, -0.2) is 7.11 Å². The molecule has 2 aromatic carbocycles. The Bertz CT molecular complexity index is 645. The van der Waals surface area contributed by atoms with Crippen LogP contribution in [0.2, 0.25) is 10.0 Å². The Kier molecular flexibility index (Phi) is 4.73. The van der Waals surface area contributed by atoms with Crippen molar-refractivity contribution >= 4 is 28.9 Å². The van der Waals surface area contributed by atoms with E-state index in [0.717, 1.165) is 11.3 Å². The van der Waals surface area contributed by atoms with E-state index in [2.05, 4.69) is 11.4 Å². The SMILES string of the molecule is COc1cc(CNc2cc(Cl)cc(Cl)c2)ccc1C#N. The molecule has 20 heavy (non-hydrogen) atoms. The van der Waals surface area contributed by atoms with Gasteiger partial charge in [-0.15, -0.1) is 0 Å². The zero-order chi connectivity index (χ0) is 14.5. The first-order valence-corrected chi connectivity index (χ1v) is 6.65. The fraction of sp³-hybridized carbons (Fsp3) is 0.133. The van der Waals surface area contributed by atoms with Gasteiger partial charge in [-0.05, 0) is 35.9 Å². The van der Waals surface area contributed by atoms with Crippen LogP contribution in [0.4, 0.5) is 5.69 Å². The van der Waals surface area contributed by atoms with Gasteiger partial charge >= 0.3 is 0 Å². The van der Waals surface area contributed by atoms with Crippen molar-refractivity contribution in [3.8, 4) is 11.8 Å². The quantitative estimate of drug-likeness (QED) is 0.905. The van der Waals surface area contributed by atoms with Gasteiger partial charge < -0.3 is 10.1 Å². The van der Waals surface area contributed by atoms with Gasteiger partial charge in [-0.3, -0.25) is 0 Å². The molecule has 0 unspecified atom stereocenters. The van der Waals surface area contributed by atoms with Crippen LogP contribution in [0.3, 0.4) is 0 Å². The molecule has 2 aromatic rings. The highest BCUT2D eigenvalue weighted by molar-refractivity contribution is 6.35. The highest BCUT2D eigenvalue weighted by atomic mass is 35.5. The number of methoxy groups -OCH3 is 1. The van der Waals surface area contributed by atoms with Crippen LogP contribution in [-0.2, 0) is 6.54 Å². The van der Waals surface area contributed by atoms with Gasteiger partial charge in [0, 0.05) is 22.3 Å². The lowest BCUT2D eigenvalue weighted by Gasteiger charge is -2.09. The number of anilines is 1. The number of benzene rings is 2. The molecule has 0 aromatic heterocycles. The summed E-state index contributed by atoms with van der Waals surface area (Å²) >= 11 is 11.9. The van der Waals surface area contributed by atoms with Crippen molar-refractivity contribution in [2.24, 2.45) is 0 Å². The summed E-state index contributed by atoms with van der Waals surface area (Å²) in [6.45, 7) is 0.582. The van der Waals surface area contributed by atoms with E-state index in [0.29, 0.717) is 27.9 Å². The topological polar surface area (TPSA) is 45.0 Å². The van der Waals surface area contributed by atoms with Gasteiger partial charge in [0.1, 0.15) is 11.8 Å². The van der Waals surface area contributed by atoms with Gasteiger partial charge in [0.25, 0.3) is 0 Å². The molecule has 0 spiro atoms. The first-order chi connectivity index (χ1) is 9.62. The maximum Gasteiger partial charge on any atom is 0.136 e. The predicted molar refractivity (Wildman–Crippen MR) is 81.5 cm³/mol. The Morgan fingerprint density at radius 3 is 2.45 bits per heavy atom. The molecule has 0 saturated heterocycles. The molecule has 0 aliphatic carbocycles. The van der Waals surface area contributed by atoms with E-state index in [1.54, 1.807) is 31.4 Å². The smallest absolute Gasteiger partial charge is 0.136 e. The molecule has 0 radical (unpaired) electrons. The van der Waals surface area contributed by atoms with E-state index in [1.165, 1.54) is 0 Å². The molecule has 0 aliphatic rings. The Labute approximate surface area is 127 Å². The first-order valence-electron chi connectivity index (χ1n) is 5.89. The second-order valence-electron chi connectivity index (χ2n) is 4.16. The van der Waals surface area contributed by atoms with Crippen molar-refractivity contribution in [1.82, 2.24) is 0 Å². The molecule has 0 saturated carbocycles. The number of nitrogens with one attached hydrogen (secondary N) is 1. The van der Waals surface area contributed by atoms with Gasteiger partial charge in [-0.2, -0.15) is 5.26 Å². The van der Waals surface area contributed by atoms with Gasteiger partial charge in [0.15, 0.2) is 0 Å². The van der Waals surface area contributed by atoms with Gasteiger partial charge in [-0.1, -0.05) is 29.3 Å². The third kappa shape index (κ3) is 3.57. The molecule has 0 amide bonds. The average molecular weight is 307 g/mol. The number of nitriles is 1. The van der Waals surface area contributed by atoms with Crippen molar-refractivity contribution < 1.29 is 4.74 Å². The number of nitrogens with zero attached hydrogens (tertiary/aromatic N) is 1. The number of hydrogen-bond donors (Lipinski definition) is 1. The van der Waals surface area contributed by atoms with Crippen LogP contribution < -0.4 is 10.1 Å². The summed E-state index contributed by atoms with van der Waals surface area (Å²) in [6, 6.07) is 12.8. The molecule has 1 N–H and O–H groups in total. The summed E-state index contributed by atoms with van der Waals surface area (Å²) in [5.41, 5.74) is 2.35. The maximum absolute atomic E-state index is 8.93. The Morgan fingerprint density at radius 2 is 1.85 bits per heavy atom. The van der Waals surface area contributed by atoms with Crippen LogP contribution in [0.1, 0.15) is 11.1 Å². The third-order valence-corrected chi connectivity index (χ3v) is 3.18. The fourth-order valence-electron chi connectivity index (χ4n) is 1.80. The van der Waals surface area contributed by atoms with Gasteiger partial charge in [-0.25, -0.2) is 0 Å². The van der Waals surface area contributed by atoms with Crippen molar-refractivity contribution in [3.05, 3.63) is 57.6 Å². The Balaban J connectivity index is 2.13. The number of ether oxygens (including phenoxy) is 1. The monoisotopic (exact) mass is 306 g/mol. The molecule has 5 heteroatoms. The molecule has 0 bridgehead atoms. The van der Waals surface area contributed by atoms with E-state index in [9.17, 15) is 0 Å². The van der Waals surface area contributed by atoms with Crippen LogP contribution in [0, 0.1) is 11.3 Å². The first kappa shape index (κ1) is 14.5. The second-order valence-corrected chi connectivity index (χ2v) is 5.03. The molecule has 2 rings (SSSR count). The minimum Gasteiger partial charge on any atom is -0.495 e. The highest BCUT2D eigenvalue weighted by Crippen LogP contribution is 2.24. The molecule has 0 aliphatic heterocycles. The maximum atomic E-state index is 8.93. The molecular weight excluding hydrogens is 295 g/mol. The lowest BCUT2D eigenvalue weighted by atomic mass is 10.1. The predicted octanol–water partition coefficient (Wildman–Crippen LogP) is 4.49. The lowest BCUT2D eigenvalue weighted by Crippen LogP contribution is -2.00. The summed E-state index contributed by atoms with van der Waals surface area (Å²) in [6.07, 6.45) is 0. The molecule has 0 atom stereocenters. The van der Waals surface area contributed by atoms with Gasteiger partial charge in [0.05, 0.1) is 12.7 Å². The summed E-state index contributed by atoms with van der Waals surface area (Å²) in [5, 5.41) is 13.3. The van der Waals surface area contributed by atoms with Crippen LogP contribution in [0.15, 0.2) is 36.4 Å². The summed E-state index contributed by atoms with van der Waals surface area (Å²) in [4.78, 5) is 0. The van der Waals surface area contributed by atoms with Crippen LogP contribution >= 0.6 is 23.2 Å². The molecule has 0 heterocycles. The lowest BCUT2D eigenvalue weighted by molar-refractivity contribution is 0.413. The Hall–Kier alpha value is -1.89. The summed E-state index contributed by atoms with van der Waals surface area (Å²) in [7, 11) is 1.55. The number of rotatable bonds is 4. The molecule has 3 nitrogen and oxygen atoms in total. The van der Waals surface area contributed by atoms with Crippen molar-refractivity contribution in [2.45, 2.75) is 6.54 Å². The second kappa shape index (κ2) is 6.51. The van der Waals surface area contributed by atoms with E-state index >= 15 is 0 Å². The average Bonchev–Trinajstić information content (AvgIpc) is 2.43. The number of hydrogen-bond acceptors (Lipinski definition) is 3. The normalized spacial score (nSPS) is 9.90. The van der Waals surface area contributed by atoms with E-state index in [4.69, 9.17) is 33.2 Å². The van der Waals surface area contributed by atoms with Crippen molar-refractivity contribution in [1.29, 1.82) is 5.26 Å². The molecule has 0 fully saturated rings. The minimum absolute atomic E-state index is 0.516. The minimum atomic E-state index is 0.516. The largest absolute Gasteiger partial charge is 0.495 e. The number of halogens is 2. The van der Waals surface area contributed by atoms with Gasteiger partial charge in [0.2, 0.25) is 0 Å². The van der Waals surface area contributed by atoms with E-state index in [1.807, 2.05) is 12.1 Å². The zero-order valence-electron chi connectivity index (χ0n) is 10.8. The van der Waals surface area contributed by atoms with E-state index < -0.39 is 0 Å². The van der Waals surface area contributed by atoms with Crippen molar-refractivity contribution in [3.63, 3.8) is 0 Å². The Morgan fingerprint density at radius 1 is 1.15 bits per heavy atom. The van der Waals surface area contributed by atoms with E-state index in [-0.39, 0.29) is 0 Å². The highest BCUT2D eigenvalue weighted by Gasteiger charge is 2.04. The summed E-state index contributed by atoms with van der Waals surface area (Å²) < 4.78 is 5.17. The standard InChI is InChI=1S/C15H12Cl2N2O/c1-20-15-4-10(2-3-11(15)8-18)9-19-14-6-12(16)5-13(17)7-14/h2-7,19H,9H2,1H3. The zero-order valence-corrected chi connectivity index (χ0v) is 12.3. The molecule has 102 valence electrons. The third-order valence-electron chi connectivity index (χ3n) is 2.75. The fourth-order valence-corrected chi connectivity index (χ4v) is 2.32. The molecular formula is C15H12Cl2N2O. The summed E-state index contributed by atoms with van der Waals surface area (Å²) in [5.74, 6) is 0.566. The van der Waals surface area contributed by atoms with Crippen molar-refractivity contribution in [2.75, 3.05) is 12.4 Å².